The van der Waals surface area contributed by atoms with Gasteiger partial charge in [-0.1, -0.05) is 15.9 Å². The molecule has 2 atom stereocenters. The molecule has 5 heteroatoms. The summed E-state index contributed by atoms with van der Waals surface area (Å²) in [5.41, 5.74) is 3.24. The highest BCUT2D eigenvalue weighted by Crippen LogP contribution is 2.39. The summed E-state index contributed by atoms with van der Waals surface area (Å²) in [4.78, 5) is 11.0. The minimum absolute atomic E-state index is 0.0602. The highest BCUT2D eigenvalue weighted by molar-refractivity contribution is 9.10. The molecule has 104 valence electrons. The predicted molar refractivity (Wildman–Crippen MR) is 76.7 cm³/mol. The molecule has 1 heterocycles. The van der Waals surface area contributed by atoms with Crippen molar-refractivity contribution in [2.45, 2.75) is 26.3 Å². The number of carboxylic acid groups (broad SMARTS) is 1. The lowest BCUT2D eigenvalue weighted by Crippen LogP contribution is -2.18. The van der Waals surface area contributed by atoms with E-state index in [-0.39, 0.29) is 12.0 Å². The van der Waals surface area contributed by atoms with Gasteiger partial charge >= 0.3 is 5.97 Å². The average molecular weight is 328 g/mol. The van der Waals surface area contributed by atoms with E-state index < -0.39 is 5.97 Å². The van der Waals surface area contributed by atoms with Crippen molar-refractivity contribution < 1.29 is 14.6 Å². The molecule has 0 aromatic heterocycles. The van der Waals surface area contributed by atoms with Crippen molar-refractivity contribution in [1.82, 2.24) is 5.32 Å². The Morgan fingerprint density at radius 1 is 1.53 bits per heavy atom. The summed E-state index contributed by atoms with van der Waals surface area (Å²) < 4.78 is 6.45. The molecule has 1 aromatic rings. The van der Waals surface area contributed by atoms with Crippen LogP contribution >= 0.6 is 15.9 Å². The number of ether oxygens (including phenoxy) is 1. The van der Waals surface area contributed by atoms with Crippen LogP contribution in [-0.4, -0.2) is 24.7 Å². The molecule has 1 aliphatic heterocycles. The molecular formula is C14H18BrNO3. The van der Waals surface area contributed by atoms with E-state index in [1.807, 2.05) is 19.9 Å². The SMILES string of the molecule is COc1c(C)cc(Br)c(C2CC(C(=O)O)CN2)c1C. The molecule has 0 amide bonds. The molecule has 4 nitrogen and oxygen atoms in total. The van der Waals surface area contributed by atoms with Gasteiger partial charge in [-0.3, -0.25) is 4.79 Å². The molecular weight excluding hydrogens is 310 g/mol. The number of benzene rings is 1. The minimum atomic E-state index is -0.733. The van der Waals surface area contributed by atoms with Crippen LogP contribution in [0.5, 0.6) is 5.75 Å². The molecule has 1 fully saturated rings. The molecule has 2 rings (SSSR count). The first-order valence-electron chi connectivity index (χ1n) is 6.25. The number of methoxy groups -OCH3 is 1. The number of aryl methyl sites for hydroxylation is 1. The van der Waals surface area contributed by atoms with Crippen molar-refractivity contribution in [3.63, 3.8) is 0 Å². The van der Waals surface area contributed by atoms with Crippen molar-refractivity contribution in [3.8, 4) is 5.75 Å². The van der Waals surface area contributed by atoms with Crippen LogP contribution in [0.15, 0.2) is 10.5 Å². The van der Waals surface area contributed by atoms with E-state index in [4.69, 9.17) is 9.84 Å². The largest absolute Gasteiger partial charge is 0.496 e. The number of hydrogen-bond acceptors (Lipinski definition) is 3. The third-order valence-corrected chi connectivity index (χ3v) is 4.39. The van der Waals surface area contributed by atoms with Crippen molar-refractivity contribution in [2.75, 3.05) is 13.7 Å². The average Bonchev–Trinajstić information content (AvgIpc) is 2.78. The molecule has 0 saturated carbocycles. The smallest absolute Gasteiger partial charge is 0.307 e. The lowest BCUT2D eigenvalue weighted by molar-refractivity contribution is -0.141. The Labute approximate surface area is 121 Å². The van der Waals surface area contributed by atoms with Crippen LogP contribution in [0.4, 0.5) is 0 Å². The zero-order valence-corrected chi connectivity index (χ0v) is 12.9. The van der Waals surface area contributed by atoms with Gasteiger partial charge < -0.3 is 15.2 Å². The monoisotopic (exact) mass is 327 g/mol. The fraction of sp³-hybridized carbons (Fsp3) is 0.500. The number of aliphatic carboxylic acids is 1. The van der Waals surface area contributed by atoms with Gasteiger partial charge in [0.05, 0.1) is 13.0 Å². The summed E-state index contributed by atoms with van der Waals surface area (Å²) in [6.45, 7) is 4.53. The van der Waals surface area contributed by atoms with Crippen molar-refractivity contribution in [3.05, 3.63) is 27.2 Å². The number of halogens is 1. The van der Waals surface area contributed by atoms with E-state index in [2.05, 4.69) is 21.2 Å². The molecule has 0 bridgehead atoms. The maximum atomic E-state index is 11.0. The van der Waals surface area contributed by atoms with Crippen molar-refractivity contribution in [2.24, 2.45) is 5.92 Å². The molecule has 1 saturated heterocycles. The molecule has 2 N–H and O–H groups in total. The second-order valence-corrected chi connectivity index (χ2v) is 5.83. The lowest BCUT2D eigenvalue weighted by Gasteiger charge is -2.20. The fourth-order valence-electron chi connectivity index (χ4n) is 2.82. The quantitative estimate of drug-likeness (QED) is 0.896. The number of nitrogens with one attached hydrogen (secondary N) is 1. The highest BCUT2D eigenvalue weighted by atomic mass is 79.9. The van der Waals surface area contributed by atoms with Gasteiger partial charge in [-0.05, 0) is 43.0 Å². The van der Waals surface area contributed by atoms with Crippen molar-refractivity contribution in [1.29, 1.82) is 0 Å². The number of carboxylic acids is 1. The summed E-state index contributed by atoms with van der Waals surface area (Å²) >= 11 is 3.59. The van der Waals surface area contributed by atoms with E-state index in [1.54, 1.807) is 7.11 Å². The number of rotatable bonds is 3. The topological polar surface area (TPSA) is 58.6 Å². The van der Waals surface area contributed by atoms with E-state index in [1.165, 1.54) is 0 Å². The summed E-state index contributed by atoms with van der Waals surface area (Å²) in [6.07, 6.45) is 0.612. The Balaban J connectivity index is 2.38. The first kappa shape index (κ1) is 14.3. The van der Waals surface area contributed by atoms with E-state index in [0.29, 0.717) is 13.0 Å². The lowest BCUT2D eigenvalue weighted by atomic mass is 9.94. The van der Waals surface area contributed by atoms with Crippen LogP contribution < -0.4 is 10.1 Å². The number of hydrogen-bond donors (Lipinski definition) is 2. The molecule has 0 radical (unpaired) electrons. The maximum Gasteiger partial charge on any atom is 0.307 e. The van der Waals surface area contributed by atoms with Crippen LogP contribution in [0, 0.1) is 19.8 Å². The Hall–Kier alpha value is -1.07. The van der Waals surface area contributed by atoms with Crippen molar-refractivity contribution >= 4 is 21.9 Å². The fourth-order valence-corrected chi connectivity index (χ4v) is 3.73. The van der Waals surface area contributed by atoms with E-state index in [0.717, 1.165) is 26.9 Å². The second-order valence-electron chi connectivity index (χ2n) is 4.98. The molecule has 0 aliphatic carbocycles. The molecule has 2 unspecified atom stereocenters. The third-order valence-electron chi connectivity index (χ3n) is 3.74. The van der Waals surface area contributed by atoms with Crippen LogP contribution in [0.2, 0.25) is 0 Å². The Morgan fingerprint density at radius 2 is 2.21 bits per heavy atom. The molecule has 1 aromatic carbocycles. The van der Waals surface area contributed by atoms with Gasteiger partial charge in [0, 0.05) is 17.1 Å². The zero-order chi connectivity index (χ0) is 14.2. The summed E-state index contributed by atoms with van der Waals surface area (Å²) in [6, 6.07) is 2.08. The minimum Gasteiger partial charge on any atom is -0.496 e. The Bertz CT molecular complexity index is 516. The van der Waals surface area contributed by atoms with Crippen LogP contribution in [0.1, 0.15) is 29.2 Å². The van der Waals surface area contributed by atoms with Gasteiger partial charge in [0.2, 0.25) is 0 Å². The summed E-state index contributed by atoms with van der Waals surface area (Å²) in [5.74, 6) is -0.176. The van der Waals surface area contributed by atoms with Crippen LogP contribution in [0.25, 0.3) is 0 Å². The second kappa shape index (κ2) is 5.51. The first-order valence-corrected chi connectivity index (χ1v) is 7.04. The van der Waals surface area contributed by atoms with E-state index >= 15 is 0 Å². The zero-order valence-electron chi connectivity index (χ0n) is 11.3. The maximum absolute atomic E-state index is 11.0. The van der Waals surface area contributed by atoms with Crippen LogP contribution in [0.3, 0.4) is 0 Å². The van der Waals surface area contributed by atoms with Gasteiger partial charge in [-0.25, -0.2) is 0 Å². The summed E-state index contributed by atoms with van der Waals surface area (Å²) in [7, 11) is 1.66. The predicted octanol–water partition coefficient (Wildman–Crippen LogP) is 2.81. The van der Waals surface area contributed by atoms with E-state index in [9.17, 15) is 4.79 Å². The van der Waals surface area contributed by atoms with Gasteiger partial charge in [0.15, 0.2) is 0 Å². The summed E-state index contributed by atoms with van der Waals surface area (Å²) in [5, 5.41) is 12.4. The molecule has 0 spiro atoms. The normalized spacial score (nSPS) is 22.5. The molecule has 19 heavy (non-hydrogen) atoms. The third kappa shape index (κ3) is 2.62. The number of carbonyl (C=O) groups is 1. The first-order chi connectivity index (χ1) is 8.95. The van der Waals surface area contributed by atoms with Gasteiger partial charge in [-0.15, -0.1) is 0 Å². The van der Waals surface area contributed by atoms with Gasteiger partial charge in [-0.2, -0.15) is 0 Å². The van der Waals surface area contributed by atoms with Gasteiger partial charge in [0.25, 0.3) is 0 Å². The van der Waals surface area contributed by atoms with Gasteiger partial charge in [0.1, 0.15) is 5.75 Å². The van der Waals surface area contributed by atoms with Crippen LogP contribution in [-0.2, 0) is 4.79 Å². The standard InChI is InChI=1S/C14H18BrNO3/c1-7-4-10(15)12(8(2)13(7)19-3)11-5-9(6-16-11)14(17)18/h4,9,11,16H,5-6H2,1-3H3,(H,17,18). The molecule has 1 aliphatic rings. The Kier molecular flexibility index (Phi) is 4.16. The highest BCUT2D eigenvalue weighted by Gasteiger charge is 2.32. The Morgan fingerprint density at radius 3 is 2.74 bits per heavy atom.